The molecule has 0 bridgehead atoms. The Morgan fingerprint density at radius 1 is 0.650 bits per heavy atom. The van der Waals surface area contributed by atoms with Crippen LogP contribution < -0.4 is 10.9 Å². The second-order valence-corrected chi connectivity index (χ2v) is 3.43. The third-order valence-corrected chi connectivity index (χ3v) is 2.15. The highest BCUT2D eigenvalue weighted by Gasteiger charge is 1.91. The summed E-state index contributed by atoms with van der Waals surface area (Å²) in [7, 11) is 0. The molecule has 0 atom stereocenters. The van der Waals surface area contributed by atoms with Crippen LogP contribution in [0, 0.1) is 0 Å². The smallest absolute Gasteiger partial charge is 0.228 e. The molecule has 2 rings (SSSR count). The van der Waals surface area contributed by atoms with E-state index in [-0.39, 0.29) is 0 Å². The van der Waals surface area contributed by atoms with Crippen molar-refractivity contribution < 1.29 is 9.59 Å². The van der Waals surface area contributed by atoms with Crippen LogP contribution in [0.25, 0.3) is 11.1 Å². The summed E-state index contributed by atoms with van der Waals surface area (Å²) < 4.78 is 0. The van der Waals surface area contributed by atoms with Crippen molar-refractivity contribution in [1.82, 2.24) is 10.9 Å². The average molecular weight is 270 g/mol. The first-order valence-corrected chi connectivity index (χ1v) is 5.77. The summed E-state index contributed by atoms with van der Waals surface area (Å²) in [4.78, 5) is 18.8. The molecule has 0 radical (unpaired) electrons. The zero-order chi connectivity index (χ0) is 14.5. The molecule has 6 heteroatoms. The van der Waals surface area contributed by atoms with Gasteiger partial charge >= 0.3 is 0 Å². The molecule has 0 aliphatic rings. The van der Waals surface area contributed by atoms with Crippen molar-refractivity contribution >= 4 is 12.8 Å². The van der Waals surface area contributed by atoms with Crippen LogP contribution in [0.5, 0.6) is 0 Å². The van der Waals surface area contributed by atoms with Gasteiger partial charge in [-0.2, -0.15) is 0 Å². The molecule has 0 aliphatic carbocycles. The number of amides is 2. The van der Waals surface area contributed by atoms with Crippen LogP contribution in [0.15, 0.2) is 71.1 Å². The van der Waals surface area contributed by atoms with E-state index in [1.807, 2.05) is 23.0 Å². The van der Waals surface area contributed by atoms with Crippen LogP contribution >= 0.6 is 0 Å². The van der Waals surface area contributed by atoms with E-state index < -0.39 is 0 Å². The predicted molar refractivity (Wildman–Crippen MR) is 75.1 cm³/mol. The summed E-state index contributed by atoms with van der Waals surface area (Å²) in [5.41, 5.74) is 6.23. The quantitative estimate of drug-likeness (QED) is 0.495. The Morgan fingerprint density at radius 3 is 1.30 bits per heavy atom. The minimum atomic E-state index is 0.329. The highest BCUT2D eigenvalue weighted by atomic mass is 16.1. The SMILES string of the molecule is O=CNN=NNC=O.c1ccc(-c2ccccc2)cc1. The minimum absolute atomic E-state index is 0.329. The van der Waals surface area contributed by atoms with Crippen LogP contribution in [0.4, 0.5) is 0 Å². The third-order valence-electron chi connectivity index (χ3n) is 2.15. The summed E-state index contributed by atoms with van der Waals surface area (Å²) in [6.45, 7) is 0. The standard InChI is InChI=1S/C12H10.C2H4N4O2/c1-3-7-11(8-4-1)12-9-5-2-6-10-12;7-1-3-5-6-4-2-8/h1-10H;1-2H,(H,3,6,7)(H,4,5,8). The van der Waals surface area contributed by atoms with Crippen LogP contribution in [-0.4, -0.2) is 12.8 Å². The fourth-order valence-corrected chi connectivity index (χ4v) is 1.37. The molecule has 0 aromatic heterocycles. The summed E-state index contributed by atoms with van der Waals surface area (Å²) >= 11 is 0. The van der Waals surface area contributed by atoms with Gasteiger partial charge in [-0.1, -0.05) is 60.7 Å². The first-order valence-electron chi connectivity index (χ1n) is 5.77. The number of nitrogens with one attached hydrogen (secondary N) is 2. The van der Waals surface area contributed by atoms with Gasteiger partial charge < -0.3 is 0 Å². The molecule has 102 valence electrons. The average Bonchev–Trinajstić information content (AvgIpc) is 2.54. The van der Waals surface area contributed by atoms with Gasteiger partial charge in [0.15, 0.2) is 0 Å². The number of carbonyl (C=O) groups is 2. The second kappa shape index (κ2) is 9.95. The number of nitrogens with zero attached hydrogens (tertiary/aromatic N) is 2. The maximum atomic E-state index is 9.39. The molecule has 2 aromatic rings. The molecule has 0 fully saturated rings. The van der Waals surface area contributed by atoms with E-state index in [1.54, 1.807) is 0 Å². The lowest BCUT2D eigenvalue weighted by molar-refractivity contribution is -0.111. The maximum absolute atomic E-state index is 9.39. The van der Waals surface area contributed by atoms with Gasteiger partial charge in [0.05, 0.1) is 0 Å². The van der Waals surface area contributed by atoms with Gasteiger partial charge in [0.1, 0.15) is 0 Å². The Morgan fingerprint density at radius 2 is 1.00 bits per heavy atom. The largest absolute Gasteiger partial charge is 0.277 e. The van der Waals surface area contributed by atoms with Crippen molar-refractivity contribution in [2.45, 2.75) is 0 Å². The molecule has 6 nitrogen and oxygen atoms in total. The van der Waals surface area contributed by atoms with Crippen LogP contribution in [0.1, 0.15) is 0 Å². The lowest BCUT2D eigenvalue weighted by atomic mass is 10.1. The molecule has 2 amide bonds. The third kappa shape index (κ3) is 6.06. The van der Waals surface area contributed by atoms with Crippen molar-refractivity contribution in [2.24, 2.45) is 10.4 Å². The second-order valence-electron chi connectivity index (χ2n) is 3.43. The highest BCUT2D eigenvalue weighted by molar-refractivity contribution is 5.62. The molecule has 0 heterocycles. The Hall–Kier alpha value is -3.02. The molecule has 0 saturated heterocycles. The number of rotatable bonds is 5. The van der Waals surface area contributed by atoms with E-state index in [0.29, 0.717) is 12.8 Å². The Balaban J connectivity index is 0.000000221. The lowest BCUT2D eigenvalue weighted by Gasteiger charge is -1.98. The Labute approximate surface area is 116 Å². The molecule has 0 unspecified atom stereocenters. The monoisotopic (exact) mass is 270 g/mol. The number of carbonyl (C=O) groups excluding carboxylic acids is 2. The number of benzene rings is 2. The van der Waals surface area contributed by atoms with Gasteiger partial charge in [0.2, 0.25) is 12.8 Å². The zero-order valence-corrected chi connectivity index (χ0v) is 10.6. The van der Waals surface area contributed by atoms with Gasteiger partial charge in [-0.3, -0.25) is 9.59 Å². The van der Waals surface area contributed by atoms with Gasteiger partial charge in [-0.15, -0.1) is 0 Å². The Kier molecular flexibility index (Phi) is 7.49. The van der Waals surface area contributed by atoms with Crippen molar-refractivity contribution in [3.63, 3.8) is 0 Å². The van der Waals surface area contributed by atoms with E-state index in [1.165, 1.54) is 11.1 Å². The van der Waals surface area contributed by atoms with Crippen molar-refractivity contribution in [2.75, 3.05) is 0 Å². The highest BCUT2D eigenvalue weighted by Crippen LogP contribution is 2.17. The van der Waals surface area contributed by atoms with Crippen molar-refractivity contribution in [1.29, 1.82) is 0 Å². The van der Waals surface area contributed by atoms with Crippen molar-refractivity contribution in [3.05, 3.63) is 60.7 Å². The molecule has 0 saturated carbocycles. The van der Waals surface area contributed by atoms with E-state index in [2.05, 4.69) is 59.0 Å². The number of hydrogen-bond donors (Lipinski definition) is 2. The minimum Gasteiger partial charge on any atom is -0.277 e. The zero-order valence-electron chi connectivity index (χ0n) is 10.6. The Bertz CT molecular complexity index is 480. The molecular weight excluding hydrogens is 256 g/mol. The summed E-state index contributed by atoms with van der Waals surface area (Å²) in [5, 5.41) is 5.89. The first kappa shape index (κ1) is 15.0. The van der Waals surface area contributed by atoms with E-state index in [9.17, 15) is 9.59 Å². The molecule has 2 aromatic carbocycles. The van der Waals surface area contributed by atoms with Crippen LogP contribution in [-0.2, 0) is 9.59 Å². The van der Waals surface area contributed by atoms with E-state index in [4.69, 9.17) is 0 Å². The summed E-state index contributed by atoms with van der Waals surface area (Å²) in [5.74, 6) is 0. The van der Waals surface area contributed by atoms with Gasteiger partial charge in [0.25, 0.3) is 0 Å². The fourth-order valence-electron chi connectivity index (χ4n) is 1.37. The molecule has 0 aliphatic heterocycles. The first-order chi connectivity index (χ1) is 9.88. The van der Waals surface area contributed by atoms with Crippen LogP contribution in [0.2, 0.25) is 0 Å². The van der Waals surface area contributed by atoms with E-state index in [0.717, 1.165) is 0 Å². The maximum Gasteiger partial charge on any atom is 0.228 e. The lowest BCUT2D eigenvalue weighted by Crippen LogP contribution is -2.04. The molecule has 2 N–H and O–H groups in total. The normalized spacial score (nSPS) is 9.20. The van der Waals surface area contributed by atoms with E-state index >= 15 is 0 Å². The topological polar surface area (TPSA) is 82.9 Å². The van der Waals surface area contributed by atoms with Crippen molar-refractivity contribution in [3.8, 4) is 11.1 Å². The predicted octanol–water partition coefficient (Wildman–Crippen LogP) is 2.11. The summed E-state index contributed by atoms with van der Waals surface area (Å²) in [6, 6.07) is 20.8. The summed E-state index contributed by atoms with van der Waals surface area (Å²) in [6.07, 6.45) is 0.659. The van der Waals surface area contributed by atoms with Gasteiger partial charge in [-0.25, -0.2) is 10.9 Å². The molecular formula is C14H14N4O2. The van der Waals surface area contributed by atoms with Gasteiger partial charge in [0, 0.05) is 0 Å². The number of hydrogen-bond acceptors (Lipinski definition) is 4. The molecule has 0 spiro atoms. The van der Waals surface area contributed by atoms with Gasteiger partial charge in [-0.05, 0) is 21.6 Å². The molecule has 20 heavy (non-hydrogen) atoms. The van der Waals surface area contributed by atoms with Crippen LogP contribution in [0.3, 0.4) is 0 Å². The fraction of sp³-hybridized carbons (Fsp3) is 0.